The first-order valence-corrected chi connectivity index (χ1v) is 6.12. The summed E-state index contributed by atoms with van der Waals surface area (Å²) in [5.74, 6) is -21.6. The van der Waals surface area contributed by atoms with Gasteiger partial charge in [0.05, 0.1) is 5.56 Å². The molecule has 0 aliphatic heterocycles. The Bertz CT molecular complexity index is 756. The maximum Gasteiger partial charge on any atom is 0.442 e. The molecular formula is C9F10O3S. The van der Waals surface area contributed by atoms with Gasteiger partial charge in [0.15, 0.2) is 29.1 Å². The monoisotopic (exact) mass is 378 g/mol. The zero-order valence-corrected chi connectivity index (χ0v) is 10.7. The predicted octanol–water partition coefficient (Wildman–Crippen LogP) is 3.81. The van der Waals surface area contributed by atoms with E-state index >= 15 is 0 Å². The second-order valence-electron chi connectivity index (χ2n) is 3.57. The fourth-order valence-corrected chi connectivity index (χ4v) is 1.52. The van der Waals surface area contributed by atoms with Crippen molar-refractivity contribution in [2.75, 3.05) is 0 Å². The Hall–Kier alpha value is -1.83. The van der Waals surface area contributed by atoms with Crippen LogP contribution in [-0.2, 0) is 14.7 Å². The average Bonchev–Trinajstić information content (AvgIpc) is 2.39. The van der Waals surface area contributed by atoms with Gasteiger partial charge in [-0.15, -0.1) is 0 Å². The molecular weight excluding hydrogens is 378 g/mol. The highest BCUT2D eigenvalue weighted by Gasteiger charge is 2.46. The summed E-state index contributed by atoms with van der Waals surface area (Å²) >= 11 is 0. The van der Waals surface area contributed by atoms with Crippen molar-refractivity contribution >= 4 is 16.3 Å². The summed E-state index contributed by atoms with van der Waals surface area (Å²) < 4.78 is 150. The summed E-state index contributed by atoms with van der Waals surface area (Å²) in [6, 6.07) is 0. The summed E-state index contributed by atoms with van der Waals surface area (Å²) in [6.07, 6.45) is -5.96. The Kier molecular flexibility index (Phi) is 5.01. The first-order valence-electron chi connectivity index (χ1n) is 4.81. The lowest BCUT2D eigenvalue weighted by atomic mass is 10.1. The fraction of sp³-hybridized carbons (Fsp3) is 0.111. The molecule has 0 spiro atoms. The highest BCUT2D eigenvalue weighted by Crippen LogP contribution is 2.38. The minimum Gasteiger partial charge on any atom is -0.203 e. The van der Waals surface area contributed by atoms with Gasteiger partial charge in [0.1, 0.15) is 0 Å². The van der Waals surface area contributed by atoms with E-state index in [0.717, 1.165) is 0 Å². The summed E-state index contributed by atoms with van der Waals surface area (Å²) in [5.41, 5.74) is -2.77. The lowest BCUT2D eigenvalue weighted by molar-refractivity contribution is -0.155. The molecule has 0 radical (unpaired) electrons. The zero-order chi connectivity index (χ0) is 18.3. The van der Waals surface area contributed by atoms with Crippen molar-refractivity contribution in [1.82, 2.24) is 0 Å². The molecule has 0 heterocycles. The molecule has 130 valence electrons. The molecule has 0 saturated heterocycles. The molecule has 0 unspecified atom stereocenters. The van der Waals surface area contributed by atoms with E-state index in [0.29, 0.717) is 0 Å². The van der Waals surface area contributed by atoms with Crippen LogP contribution in [0.5, 0.6) is 0 Å². The minimum absolute atomic E-state index is 2.19. The molecule has 0 aromatic heterocycles. The van der Waals surface area contributed by atoms with Crippen LogP contribution >= 0.6 is 0 Å². The molecule has 14 heteroatoms. The van der Waals surface area contributed by atoms with Crippen LogP contribution < -0.4 is 0 Å². The van der Waals surface area contributed by atoms with Gasteiger partial charge in [-0.3, -0.25) is 0 Å². The molecule has 0 aliphatic carbocycles. The van der Waals surface area contributed by atoms with Crippen molar-refractivity contribution in [2.45, 2.75) is 6.11 Å². The topological polar surface area (TPSA) is 43.4 Å². The Balaban J connectivity index is 3.64. The third kappa shape index (κ3) is 3.74. The molecule has 0 bridgehead atoms. The standard InChI is InChI=1S/C9F10O3S/c10-2-1(3(11)6(14)7(15)5(2)13)4(12)8(16)9(17,18)22-23(19,20)21. The van der Waals surface area contributed by atoms with Gasteiger partial charge in [-0.1, -0.05) is 3.89 Å². The molecule has 0 N–H and O–H groups in total. The van der Waals surface area contributed by atoms with Gasteiger partial charge < -0.3 is 0 Å². The second kappa shape index (κ2) is 5.99. The van der Waals surface area contributed by atoms with E-state index < -0.39 is 62.9 Å². The number of hydrogen-bond donors (Lipinski definition) is 0. The Labute approximate surface area is 120 Å². The van der Waals surface area contributed by atoms with Crippen LogP contribution in [0.4, 0.5) is 43.4 Å². The lowest BCUT2D eigenvalue weighted by Crippen LogP contribution is -2.25. The maximum atomic E-state index is 13.3. The van der Waals surface area contributed by atoms with Gasteiger partial charge in [-0.2, -0.15) is 25.8 Å². The van der Waals surface area contributed by atoms with Gasteiger partial charge in [0, 0.05) is 0 Å². The average molecular weight is 378 g/mol. The maximum absolute atomic E-state index is 13.3. The van der Waals surface area contributed by atoms with Crippen LogP contribution in [-0.4, -0.2) is 14.5 Å². The predicted molar refractivity (Wildman–Crippen MR) is 51.4 cm³/mol. The zero-order valence-electron chi connectivity index (χ0n) is 9.91. The van der Waals surface area contributed by atoms with Gasteiger partial charge in [0.2, 0.25) is 11.6 Å². The van der Waals surface area contributed by atoms with Crippen LogP contribution in [0.25, 0.3) is 5.83 Å². The molecule has 0 atom stereocenters. The molecule has 0 aliphatic rings. The molecule has 23 heavy (non-hydrogen) atoms. The normalized spacial score (nSPS) is 14.0. The van der Waals surface area contributed by atoms with Gasteiger partial charge in [-0.05, 0) is 0 Å². The van der Waals surface area contributed by atoms with Crippen molar-refractivity contribution in [3.63, 3.8) is 0 Å². The molecule has 1 rings (SSSR count). The fourth-order valence-electron chi connectivity index (χ4n) is 1.20. The first kappa shape index (κ1) is 19.2. The summed E-state index contributed by atoms with van der Waals surface area (Å²) in [7, 11) is -6.57. The van der Waals surface area contributed by atoms with Gasteiger partial charge in [-0.25, -0.2) is 26.3 Å². The smallest absolute Gasteiger partial charge is 0.203 e. The lowest BCUT2D eigenvalue weighted by Gasteiger charge is -2.13. The number of hydrogen-bond acceptors (Lipinski definition) is 3. The van der Waals surface area contributed by atoms with E-state index in [4.69, 9.17) is 0 Å². The van der Waals surface area contributed by atoms with E-state index in [9.17, 15) is 51.8 Å². The molecule has 0 fully saturated rings. The van der Waals surface area contributed by atoms with E-state index in [-0.39, 0.29) is 0 Å². The number of halogens is 10. The summed E-state index contributed by atoms with van der Waals surface area (Å²) in [6.45, 7) is 0. The number of rotatable bonds is 4. The molecule has 1 aromatic carbocycles. The quantitative estimate of drug-likeness (QED) is 0.346. The summed E-state index contributed by atoms with van der Waals surface area (Å²) in [5, 5.41) is 0. The van der Waals surface area contributed by atoms with E-state index in [1.165, 1.54) is 0 Å². The molecule has 0 amide bonds. The van der Waals surface area contributed by atoms with E-state index in [2.05, 4.69) is 4.18 Å². The Morgan fingerprint density at radius 2 is 1.17 bits per heavy atom. The van der Waals surface area contributed by atoms with Crippen molar-refractivity contribution < 1.29 is 56.0 Å². The SMILES string of the molecule is O=S(=O)(F)OC(F)(F)C(F)=C(F)c1c(F)c(F)c(F)c(F)c1F. The van der Waals surface area contributed by atoms with Crippen LogP contribution in [0, 0.1) is 29.1 Å². The van der Waals surface area contributed by atoms with Crippen LogP contribution in [0.1, 0.15) is 5.56 Å². The number of benzene rings is 1. The highest BCUT2D eigenvalue weighted by molar-refractivity contribution is 7.81. The Morgan fingerprint density at radius 1 is 0.826 bits per heavy atom. The largest absolute Gasteiger partial charge is 0.442 e. The third-order valence-corrected chi connectivity index (χ3v) is 2.49. The minimum atomic E-state index is -6.57. The van der Waals surface area contributed by atoms with E-state index in [1.54, 1.807) is 0 Å². The summed E-state index contributed by atoms with van der Waals surface area (Å²) in [4.78, 5) is 0. The number of alkyl halides is 2. The van der Waals surface area contributed by atoms with Crippen LogP contribution in [0.15, 0.2) is 5.83 Å². The third-order valence-electron chi connectivity index (χ3n) is 2.08. The van der Waals surface area contributed by atoms with Gasteiger partial charge in [0.25, 0.3) is 0 Å². The molecule has 3 nitrogen and oxygen atoms in total. The first-order chi connectivity index (χ1) is 10.2. The highest BCUT2D eigenvalue weighted by atomic mass is 32.3. The van der Waals surface area contributed by atoms with E-state index in [1.807, 2.05) is 0 Å². The van der Waals surface area contributed by atoms with Crippen molar-refractivity contribution in [1.29, 1.82) is 0 Å². The Morgan fingerprint density at radius 3 is 1.52 bits per heavy atom. The van der Waals surface area contributed by atoms with Crippen molar-refractivity contribution in [3.8, 4) is 0 Å². The van der Waals surface area contributed by atoms with Crippen LogP contribution in [0.2, 0.25) is 0 Å². The second-order valence-corrected chi connectivity index (χ2v) is 4.52. The molecule has 0 saturated carbocycles. The van der Waals surface area contributed by atoms with Crippen molar-refractivity contribution in [3.05, 3.63) is 40.5 Å². The van der Waals surface area contributed by atoms with Crippen molar-refractivity contribution in [2.24, 2.45) is 0 Å². The molecule has 1 aromatic rings. The van der Waals surface area contributed by atoms with Gasteiger partial charge >= 0.3 is 16.6 Å². The van der Waals surface area contributed by atoms with Crippen LogP contribution in [0.3, 0.4) is 0 Å².